The number of rotatable bonds is 3. The molecule has 0 aliphatic carbocycles. The maximum Gasteiger partial charge on any atom is 0.225 e. The summed E-state index contributed by atoms with van der Waals surface area (Å²) in [5.41, 5.74) is 4.86. The molecule has 0 saturated carbocycles. The number of nitriles is 1. The third kappa shape index (κ3) is 2.04. The number of benzene rings is 1. The second-order valence-corrected chi connectivity index (χ2v) is 5.74. The molecule has 2 atom stereocenters. The zero-order valence-electron chi connectivity index (χ0n) is 11.6. The van der Waals surface area contributed by atoms with E-state index in [0.29, 0.717) is 0 Å². The Morgan fingerprint density at radius 1 is 1.35 bits per heavy atom. The summed E-state index contributed by atoms with van der Waals surface area (Å²) in [4.78, 5) is 0.0511. The second-order valence-electron chi connectivity index (χ2n) is 5.30. The summed E-state index contributed by atoms with van der Waals surface area (Å²) in [7, 11) is 1.60. The van der Waals surface area contributed by atoms with Crippen LogP contribution in [0.25, 0.3) is 0 Å². The maximum absolute atomic E-state index is 9.56. The number of hydrogen-bond acceptors (Lipinski definition) is 5. The smallest absolute Gasteiger partial charge is 0.225 e. The number of hydrogen-bond donors (Lipinski definition) is 1. The van der Waals surface area contributed by atoms with Gasteiger partial charge in [-0.05, 0) is 31.5 Å². The van der Waals surface area contributed by atoms with Crippen molar-refractivity contribution in [2.24, 2.45) is 16.0 Å². The van der Waals surface area contributed by atoms with Gasteiger partial charge in [-0.2, -0.15) is 15.5 Å². The lowest BCUT2D eigenvalue weighted by molar-refractivity contribution is 0.410. The second kappa shape index (κ2) is 4.84. The van der Waals surface area contributed by atoms with Crippen LogP contribution in [0, 0.1) is 11.3 Å². The molecule has 2 rings (SSSR count). The van der Waals surface area contributed by atoms with Gasteiger partial charge in [0.1, 0.15) is 16.8 Å². The molecule has 1 aromatic carbocycles. The number of nitrogens with zero attached hydrogens (tertiary/aromatic N) is 3. The number of methoxy groups -OCH3 is 1. The van der Waals surface area contributed by atoms with Crippen LogP contribution >= 0.6 is 12.2 Å². The molecule has 1 aliphatic rings. The monoisotopic (exact) mass is 288 g/mol. The summed E-state index contributed by atoms with van der Waals surface area (Å²) in [5.74, 6) is 0.430. The number of nitrogens with two attached hydrogens (primary N) is 1. The van der Waals surface area contributed by atoms with Crippen molar-refractivity contribution >= 4 is 17.2 Å². The summed E-state index contributed by atoms with van der Waals surface area (Å²) in [6.07, 6.45) is 0. The lowest BCUT2D eigenvalue weighted by Gasteiger charge is -2.31. The molecule has 0 amide bonds. The number of thiocarbonyl (C=S) groups is 1. The van der Waals surface area contributed by atoms with Crippen LogP contribution in [-0.4, -0.2) is 23.2 Å². The Bertz CT molecular complexity index is 603. The van der Waals surface area contributed by atoms with E-state index >= 15 is 0 Å². The predicted octanol–water partition coefficient (Wildman–Crippen LogP) is 2.57. The fourth-order valence-electron chi connectivity index (χ4n) is 2.61. The fourth-order valence-corrected chi connectivity index (χ4v) is 2.82. The molecule has 5 nitrogen and oxygen atoms in total. The molecule has 6 heteroatoms. The molecule has 0 aromatic heterocycles. The first kappa shape index (κ1) is 14.4. The van der Waals surface area contributed by atoms with Crippen LogP contribution in [0.2, 0.25) is 0 Å². The average molecular weight is 288 g/mol. The van der Waals surface area contributed by atoms with Crippen molar-refractivity contribution in [3.63, 3.8) is 0 Å². The van der Waals surface area contributed by atoms with Crippen molar-refractivity contribution in [1.82, 2.24) is 0 Å². The Kier molecular flexibility index (Phi) is 3.48. The van der Waals surface area contributed by atoms with Gasteiger partial charge in [0.15, 0.2) is 0 Å². The lowest BCUT2D eigenvalue weighted by atomic mass is 9.71. The standard InChI is InChI=1S/C14H16N4OS/c1-13(2)11(9-4-6-10(19-3)7-5-9)14(8-15,12(16)20)18-17-13/h4-7,11H,1-3H3,(H2,16,20). The summed E-state index contributed by atoms with van der Waals surface area (Å²) < 4.78 is 5.15. The molecule has 0 spiro atoms. The molecule has 0 bridgehead atoms. The molecule has 0 radical (unpaired) electrons. The largest absolute Gasteiger partial charge is 0.497 e. The van der Waals surface area contributed by atoms with Crippen LogP contribution in [0.5, 0.6) is 5.75 Å². The highest BCUT2D eigenvalue weighted by Crippen LogP contribution is 2.47. The minimum absolute atomic E-state index is 0.0511. The zero-order chi connectivity index (χ0) is 15.0. The summed E-state index contributed by atoms with van der Waals surface area (Å²) in [6.45, 7) is 3.84. The normalized spacial score (nSPS) is 27.0. The first-order valence-electron chi connectivity index (χ1n) is 6.16. The summed E-state index contributed by atoms with van der Waals surface area (Å²) >= 11 is 5.07. The van der Waals surface area contributed by atoms with Gasteiger partial charge in [-0.25, -0.2) is 0 Å². The van der Waals surface area contributed by atoms with Crippen molar-refractivity contribution < 1.29 is 4.74 Å². The minimum atomic E-state index is -1.28. The van der Waals surface area contributed by atoms with Crippen molar-refractivity contribution in [3.8, 4) is 11.8 Å². The van der Waals surface area contributed by atoms with Crippen LogP contribution in [-0.2, 0) is 0 Å². The molecule has 2 N–H and O–H groups in total. The number of ether oxygens (including phenoxy) is 1. The third-order valence-electron chi connectivity index (χ3n) is 3.58. The predicted molar refractivity (Wildman–Crippen MR) is 79.8 cm³/mol. The molecular weight excluding hydrogens is 272 g/mol. The van der Waals surface area contributed by atoms with Crippen LogP contribution < -0.4 is 10.5 Å². The van der Waals surface area contributed by atoms with E-state index in [1.54, 1.807) is 7.11 Å². The molecule has 1 aliphatic heterocycles. The van der Waals surface area contributed by atoms with Crippen LogP contribution in [0.4, 0.5) is 0 Å². The zero-order valence-corrected chi connectivity index (χ0v) is 12.4. The van der Waals surface area contributed by atoms with E-state index < -0.39 is 11.1 Å². The van der Waals surface area contributed by atoms with E-state index in [-0.39, 0.29) is 10.9 Å². The maximum atomic E-state index is 9.56. The van der Waals surface area contributed by atoms with Crippen LogP contribution in [0.3, 0.4) is 0 Å². The van der Waals surface area contributed by atoms with Crippen molar-refractivity contribution in [3.05, 3.63) is 29.8 Å². The Morgan fingerprint density at radius 3 is 2.40 bits per heavy atom. The minimum Gasteiger partial charge on any atom is -0.497 e. The van der Waals surface area contributed by atoms with Gasteiger partial charge >= 0.3 is 0 Å². The first-order valence-corrected chi connectivity index (χ1v) is 6.57. The fraction of sp³-hybridized carbons (Fsp3) is 0.429. The SMILES string of the molecule is COc1ccc(C2C(C)(C)N=NC2(C#N)C(N)=S)cc1. The lowest BCUT2D eigenvalue weighted by Crippen LogP contribution is -2.47. The van der Waals surface area contributed by atoms with Crippen molar-refractivity contribution in [2.75, 3.05) is 7.11 Å². The van der Waals surface area contributed by atoms with Crippen molar-refractivity contribution in [2.45, 2.75) is 30.8 Å². The van der Waals surface area contributed by atoms with Gasteiger partial charge in [0.2, 0.25) is 5.54 Å². The van der Waals surface area contributed by atoms with Gasteiger partial charge in [-0.3, -0.25) is 0 Å². The van der Waals surface area contributed by atoms with Gasteiger partial charge in [-0.15, -0.1) is 0 Å². The molecular formula is C14H16N4OS. The number of azo groups is 1. The highest BCUT2D eigenvalue weighted by molar-refractivity contribution is 7.80. The topological polar surface area (TPSA) is 83.8 Å². The van der Waals surface area contributed by atoms with Crippen LogP contribution in [0.1, 0.15) is 25.3 Å². The summed E-state index contributed by atoms with van der Waals surface area (Å²) in [6, 6.07) is 9.62. The third-order valence-corrected chi connectivity index (χ3v) is 3.90. The molecule has 1 heterocycles. The Hall–Kier alpha value is -2.00. The van der Waals surface area contributed by atoms with Gasteiger partial charge < -0.3 is 10.5 Å². The van der Waals surface area contributed by atoms with Gasteiger partial charge in [0.05, 0.1) is 18.6 Å². The molecule has 0 saturated heterocycles. The Labute approximate surface area is 123 Å². The molecule has 0 fully saturated rings. The van der Waals surface area contributed by atoms with E-state index in [2.05, 4.69) is 16.3 Å². The van der Waals surface area contributed by atoms with E-state index in [9.17, 15) is 5.26 Å². The Balaban J connectivity index is 2.55. The first-order chi connectivity index (χ1) is 9.37. The van der Waals surface area contributed by atoms with Crippen LogP contribution in [0.15, 0.2) is 34.5 Å². The molecule has 20 heavy (non-hydrogen) atoms. The highest BCUT2D eigenvalue weighted by atomic mass is 32.1. The van der Waals surface area contributed by atoms with Gasteiger partial charge in [0.25, 0.3) is 0 Å². The molecule has 2 unspecified atom stereocenters. The van der Waals surface area contributed by atoms with E-state index in [1.165, 1.54) is 0 Å². The van der Waals surface area contributed by atoms with E-state index in [4.69, 9.17) is 22.7 Å². The molecule has 104 valence electrons. The van der Waals surface area contributed by atoms with Crippen molar-refractivity contribution in [1.29, 1.82) is 5.26 Å². The van der Waals surface area contributed by atoms with Gasteiger partial charge in [-0.1, -0.05) is 24.4 Å². The Morgan fingerprint density at radius 2 is 1.95 bits per heavy atom. The highest BCUT2D eigenvalue weighted by Gasteiger charge is 2.55. The summed E-state index contributed by atoms with van der Waals surface area (Å²) in [5, 5.41) is 17.9. The molecule has 1 aromatic rings. The van der Waals surface area contributed by atoms with Gasteiger partial charge in [0, 0.05) is 0 Å². The van der Waals surface area contributed by atoms with E-state index in [1.807, 2.05) is 38.1 Å². The quantitative estimate of drug-likeness (QED) is 0.866. The van der Waals surface area contributed by atoms with E-state index in [0.717, 1.165) is 11.3 Å². The average Bonchev–Trinajstić information content (AvgIpc) is 2.71.